The van der Waals surface area contributed by atoms with Gasteiger partial charge in [0.25, 0.3) is 0 Å². The number of hydrogen-bond acceptors (Lipinski definition) is 2. The number of nitrogens with zero attached hydrogens (tertiary/aromatic N) is 2. The number of benzene rings is 1. The Labute approximate surface area is 99.5 Å². The molecule has 0 aliphatic rings. The molecule has 0 spiro atoms. The number of aryl methyl sites for hydroxylation is 1. The molecule has 84 valence electrons. The Morgan fingerprint density at radius 2 is 2.06 bits per heavy atom. The second-order valence-corrected chi connectivity index (χ2v) is 4.19. The van der Waals surface area contributed by atoms with Crippen LogP contribution in [0.15, 0.2) is 42.9 Å². The van der Waals surface area contributed by atoms with Crippen molar-refractivity contribution in [2.45, 2.75) is 13.3 Å². The van der Waals surface area contributed by atoms with Gasteiger partial charge in [0, 0.05) is 35.9 Å². The Kier molecular flexibility index (Phi) is 2.37. The van der Waals surface area contributed by atoms with Gasteiger partial charge >= 0.3 is 0 Å². The van der Waals surface area contributed by atoms with E-state index in [0.717, 1.165) is 17.8 Å². The quantitative estimate of drug-likeness (QED) is 0.725. The smallest absolute Gasteiger partial charge is 0.0634 e. The molecule has 0 unspecified atom stereocenters. The predicted octanol–water partition coefficient (Wildman–Crippen LogP) is 2.86. The van der Waals surface area contributed by atoms with Gasteiger partial charge in [-0.25, -0.2) is 0 Å². The number of hydrogen-bond donors (Lipinski definition) is 1. The van der Waals surface area contributed by atoms with Crippen LogP contribution < -0.4 is 0 Å². The molecule has 0 saturated carbocycles. The average molecular weight is 223 g/mol. The number of H-pyrrole nitrogens is 1. The number of rotatable bonds is 2. The Morgan fingerprint density at radius 3 is 2.94 bits per heavy atom. The molecule has 0 amide bonds. The zero-order valence-corrected chi connectivity index (χ0v) is 9.64. The van der Waals surface area contributed by atoms with E-state index in [1.54, 1.807) is 6.20 Å². The standard InChI is InChI=1S/C14H13N3/c1-10-7-15-9-12(17-10)6-11-8-16-14-5-3-2-4-13(11)14/h2-5,7-9,16H,6H2,1H3. The largest absolute Gasteiger partial charge is 0.361 e. The van der Waals surface area contributed by atoms with Gasteiger partial charge in [-0.1, -0.05) is 18.2 Å². The predicted molar refractivity (Wildman–Crippen MR) is 67.9 cm³/mol. The van der Waals surface area contributed by atoms with Crippen LogP contribution in [0.5, 0.6) is 0 Å². The molecule has 3 aromatic rings. The highest BCUT2D eigenvalue weighted by Gasteiger charge is 2.04. The fraction of sp³-hybridized carbons (Fsp3) is 0.143. The molecule has 1 N–H and O–H groups in total. The third-order valence-electron chi connectivity index (χ3n) is 2.85. The lowest BCUT2D eigenvalue weighted by atomic mass is 10.1. The molecule has 0 fully saturated rings. The summed E-state index contributed by atoms with van der Waals surface area (Å²) in [7, 11) is 0. The van der Waals surface area contributed by atoms with Crippen molar-refractivity contribution in [2.75, 3.05) is 0 Å². The highest BCUT2D eigenvalue weighted by atomic mass is 14.8. The molecule has 3 rings (SSSR count). The van der Waals surface area contributed by atoms with Crippen molar-refractivity contribution in [1.82, 2.24) is 15.0 Å². The lowest BCUT2D eigenvalue weighted by Crippen LogP contribution is -1.94. The van der Waals surface area contributed by atoms with E-state index in [0.29, 0.717) is 0 Å². The number of para-hydroxylation sites is 1. The first kappa shape index (κ1) is 10.0. The summed E-state index contributed by atoms with van der Waals surface area (Å²) < 4.78 is 0. The maximum absolute atomic E-state index is 4.48. The van der Waals surface area contributed by atoms with Crippen molar-refractivity contribution in [2.24, 2.45) is 0 Å². The van der Waals surface area contributed by atoms with E-state index in [1.807, 2.05) is 19.2 Å². The molecule has 17 heavy (non-hydrogen) atoms. The molecule has 0 bridgehead atoms. The second kappa shape index (κ2) is 4.01. The van der Waals surface area contributed by atoms with Crippen LogP contribution in [0.2, 0.25) is 0 Å². The maximum Gasteiger partial charge on any atom is 0.0634 e. The normalized spacial score (nSPS) is 10.9. The molecule has 0 saturated heterocycles. The van der Waals surface area contributed by atoms with Crippen LogP contribution in [0.3, 0.4) is 0 Å². The summed E-state index contributed by atoms with van der Waals surface area (Å²) in [5.74, 6) is 0. The molecular formula is C14H13N3. The van der Waals surface area contributed by atoms with Gasteiger partial charge in [0.1, 0.15) is 0 Å². The van der Waals surface area contributed by atoms with Gasteiger partial charge in [-0.15, -0.1) is 0 Å². The van der Waals surface area contributed by atoms with Crippen molar-refractivity contribution in [3.05, 3.63) is 59.8 Å². The highest BCUT2D eigenvalue weighted by Crippen LogP contribution is 2.19. The van der Waals surface area contributed by atoms with Crippen LogP contribution >= 0.6 is 0 Å². The van der Waals surface area contributed by atoms with E-state index >= 15 is 0 Å². The van der Waals surface area contributed by atoms with Gasteiger partial charge in [0.15, 0.2) is 0 Å². The minimum Gasteiger partial charge on any atom is -0.361 e. The van der Waals surface area contributed by atoms with Crippen LogP contribution in [-0.4, -0.2) is 15.0 Å². The summed E-state index contributed by atoms with van der Waals surface area (Å²) in [5.41, 5.74) is 4.40. The lowest BCUT2D eigenvalue weighted by molar-refractivity contribution is 0.996. The van der Waals surface area contributed by atoms with Gasteiger partial charge in [-0.2, -0.15) is 0 Å². The first-order chi connectivity index (χ1) is 8.33. The Bertz CT molecular complexity index is 655. The molecule has 1 aromatic carbocycles. The lowest BCUT2D eigenvalue weighted by Gasteiger charge is -2.00. The molecule has 0 aliphatic carbocycles. The molecule has 0 aliphatic heterocycles. The molecular weight excluding hydrogens is 210 g/mol. The average Bonchev–Trinajstić information content (AvgIpc) is 2.73. The van der Waals surface area contributed by atoms with Crippen molar-refractivity contribution in [3.63, 3.8) is 0 Å². The van der Waals surface area contributed by atoms with E-state index in [2.05, 4.69) is 39.3 Å². The summed E-state index contributed by atoms with van der Waals surface area (Å²) in [6.45, 7) is 1.96. The Balaban J connectivity index is 2.00. The van der Waals surface area contributed by atoms with Crippen molar-refractivity contribution in [3.8, 4) is 0 Å². The number of aromatic amines is 1. The SMILES string of the molecule is Cc1cncc(Cc2c[nH]c3ccccc23)n1. The summed E-state index contributed by atoms with van der Waals surface area (Å²) in [4.78, 5) is 11.9. The molecule has 2 heterocycles. The molecule has 3 nitrogen and oxygen atoms in total. The fourth-order valence-corrected chi connectivity index (χ4v) is 2.07. The number of aromatic nitrogens is 3. The van der Waals surface area contributed by atoms with Gasteiger partial charge in [-0.05, 0) is 18.6 Å². The van der Waals surface area contributed by atoms with Gasteiger partial charge in [-0.3, -0.25) is 9.97 Å². The van der Waals surface area contributed by atoms with E-state index in [4.69, 9.17) is 0 Å². The summed E-state index contributed by atoms with van der Waals surface area (Å²) >= 11 is 0. The van der Waals surface area contributed by atoms with Crippen molar-refractivity contribution in [1.29, 1.82) is 0 Å². The Hall–Kier alpha value is -2.16. The molecule has 2 aromatic heterocycles. The van der Waals surface area contributed by atoms with E-state index < -0.39 is 0 Å². The Morgan fingerprint density at radius 1 is 1.18 bits per heavy atom. The minimum atomic E-state index is 0.818. The zero-order valence-electron chi connectivity index (χ0n) is 9.64. The first-order valence-electron chi connectivity index (χ1n) is 5.65. The van der Waals surface area contributed by atoms with Gasteiger partial charge < -0.3 is 4.98 Å². The first-order valence-corrected chi connectivity index (χ1v) is 5.65. The van der Waals surface area contributed by atoms with Crippen LogP contribution in [0.4, 0.5) is 0 Å². The van der Waals surface area contributed by atoms with Gasteiger partial charge in [0.2, 0.25) is 0 Å². The van der Waals surface area contributed by atoms with Crippen LogP contribution in [0.25, 0.3) is 10.9 Å². The monoisotopic (exact) mass is 223 g/mol. The zero-order chi connectivity index (χ0) is 11.7. The van der Waals surface area contributed by atoms with Gasteiger partial charge in [0.05, 0.1) is 11.4 Å². The van der Waals surface area contributed by atoms with Crippen LogP contribution in [0.1, 0.15) is 17.0 Å². The number of nitrogens with one attached hydrogen (secondary N) is 1. The molecule has 0 radical (unpaired) electrons. The highest BCUT2D eigenvalue weighted by molar-refractivity contribution is 5.83. The third kappa shape index (κ3) is 1.91. The summed E-state index contributed by atoms with van der Waals surface area (Å²) in [6, 6.07) is 8.31. The van der Waals surface area contributed by atoms with Crippen LogP contribution in [0, 0.1) is 6.92 Å². The van der Waals surface area contributed by atoms with Crippen LogP contribution in [-0.2, 0) is 6.42 Å². The third-order valence-corrected chi connectivity index (χ3v) is 2.85. The fourth-order valence-electron chi connectivity index (χ4n) is 2.07. The minimum absolute atomic E-state index is 0.818. The number of fused-ring (bicyclic) bond motifs is 1. The summed E-state index contributed by atoms with van der Waals surface area (Å²) in [6.07, 6.45) is 6.47. The summed E-state index contributed by atoms with van der Waals surface area (Å²) in [5, 5.41) is 1.26. The topological polar surface area (TPSA) is 41.6 Å². The van der Waals surface area contributed by atoms with Crippen molar-refractivity contribution >= 4 is 10.9 Å². The van der Waals surface area contributed by atoms with Crippen molar-refractivity contribution < 1.29 is 0 Å². The van der Waals surface area contributed by atoms with E-state index in [9.17, 15) is 0 Å². The van der Waals surface area contributed by atoms with E-state index in [-0.39, 0.29) is 0 Å². The second-order valence-electron chi connectivity index (χ2n) is 4.19. The molecule has 0 atom stereocenters. The van der Waals surface area contributed by atoms with E-state index in [1.165, 1.54) is 16.5 Å². The molecule has 3 heteroatoms. The maximum atomic E-state index is 4.48.